The fourth-order valence-electron chi connectivity index (χ4n) is 3.60. The third-order valence-electron chi connectivity index (χ3n) is 5.16. The maximum absolute atomic E-state index is 13.8. The van der Waals surface area contributed by atoms with Gasteiger partial charge in [-0.25, -0.2) is 4.68 Å². The number of nitrogens with one attached hydrogen (secondary N) is 2. The second-order valence-corrected chi connectivity index (χ2v) is 7.77. The lowest BCUT2D eigenvalue weighted by atomic mass is 9.97. The minimum absolute atomic E-state index is 0.201. The predicted octanol–water partition coefficient (Wildman–Crippen LogP) is 6.47. The molecule has 1 aliphatic heterocycles. The van der Waals surface area contributed by atoms with E-state index < -0.39 is 48.0 Å². The number of alkyl halides is 6. The number of nitrogens with zero attached hydrogens (tertiary/aromatic N) is 2. The molecule has 0 aliphatic carbocycles. The van der Waals surface area contributed by atoms with Gasteiger partial charge in [-0.1, -0.05) is 48.0 Å². The second-order valence-electron chi connectivity index (χ2n) is 7.39. The van der Waals surface area contributed by atoms with Crippen LogP contribution in [-0.4, -0.2) is 21.9 Å². The van der Waals surface area contributed by atoms with Crippen LogP contribution in [0.3, 0.4) is 0 Å². The van der Waals surface area contributed by atoms with Crippen molar-refractivity contribution in [1.29, 1.82) is 0 Å². The van der Waals surface area contributed by atoms with Crippen molar-refractivity contribution in [2.24, 2.45) is 0 Å². The van der Waals surface area contributed by atoms with Crippen LogP contribution < -0.4 is 10.6 Å². The summed E-state index contributed by atoms with van der Waals surface area (Å²) in [6, 6.07) is 9.40. The monoisotopic (exact) mass is 488 g/mol. The Morgan fingerprint density at radius 1 is 1.06 bits per heavy atom. The molecule has 5 nitrogen and oxygen atoms in total. The van der Waals surface area contributed by atoms with E-state index in [1.54, 1.807) is 30.3 Å². The van der Waals surface area contributed by atoms with Gasteiger partial charge in [0.1, 0.15) is 10.8 Å². The molecule has 0 spiro atoms. The largest absolute Gasteiger partial charge is 0.416 e. The Balaban J connectivity index is 1.68. The highest BCUT2D eigenvalue weighted by Gasteiger charge is 2.47. The molecule has 1 amide bonds. The SMILES string of the molecule is O=C(Nc1cccc(C(F)(F)F)c1)c1nn2c(c1Cl)N[C@H](c1ccccc1)C[C@H]2C(F)(F)F. The molecule has 2 N–H and O–H groups in total. The van der Waals surface area contributed by atoms with E-state index in [4.69, 9.17) is 11.6 Å². The molecule has 3 aromatic rings. The summed E-state index contributed by atoms with van der Waals surface area (Å²) >= 11 is 6.22. The molecule has 0 fully saturated rings. The Morgan fingerprint density at radius 2 is 1.76 bits per heavy atom. The van der Waals surface area contributed by atoms with Crippen LogP contribution in [0.5, 0.6) is 0 Å². The van der Waals surface area contributed by atoms with Crippen molar-refractivity contribution in [2.45, 2.75) is 30.9 Å². The Hall–Kier alpha value is -3.21. The number of amides is 1. The number of anilines is 2. The van der Waals surface area contributed by atoms with Crippen molar-refractivity contribution in [3.8, 4) is 0 Å². The van der Waals surface area contributed by atoms with Crippen LogP contribution in [0, 0.1) is 0 Å². The summed E-state index contributed by atoms with van der Waals surface area (Å²) in [5, 5.41) is 8.50. The summed E-state index contributed by atoms with van der Waals surface area (Å²) in [6.45, 7) is 0. The Kier molecular flexibility index (Phi) is 5.77. The number of benzene rings is 2. The molecule has 0 bridgehead atoms. The fraction of sp³-hybridized carbons (Fsp3) is 0.238. The van der Waals surface area contributed by atoms with E-state index in [2.05, 4.69) is 15.7 Å². The van der Waals surface area contributed by atoms with Gasteiger partial charge in [-0.15, -0.1) is 0 Å². The van der Waals surface area contributed by atoms with Crippen LogP contribution in [0.25, 0.3) is 0 Å². The number of carbonyl (C=O) groups excluding carboxylic acids is 1. The first-order chi connectivity index (χ1) is 15.4. The number of halogens is 7. The Bertz CT molecular complexity index is 1180. The van der Waals surface area contributed by atoms with Crippen molar-refractivity contribution in [3.05, 3.63) is 76.4 Å². The van der Waals surface area contributed by atoms with Crippen LogP contribution >= 0.6 is 11.6 Å². The van der Waals surface area contributed by atoms with Crippen molar-refractivity contribution < 1.29 is 31.1 Å². The van der Waals surface area contributed by atoms with Gasteiger partial charge in [-0.05, 0) is 23.8 Å². The van der Waals surface area contributed by atoms with Crippen molar-refractivity contribution in [1.82, 2.24) is 9.78 Å². The van der Waals surface area contributed by atoms with Gasteiger partial charge in [0.05, 0.1) is 11.6 Å². The van der Waals surface area contributed by atoms with Gasteiger partial charge in [0.2, 0.25) is 0 Å². The van der Waals surface area contributed by atoms with Crippen LogP contribution in [0.1, 0.15) is 40.1 Å². The summed E-state index contributed by atoms with van der Waals surface area (Å²) < 4.78 is 80.8. The number of fused-ring (bicyclic) bond motifs is 1. The number of carbonyl (C=O) groups is 1. The third kappa shape index (κ3) is 4.63. The minimum Gasteiger partial charge on any atom is -0.362 e. The van der Waals surface area contributed by atoms with E-state index in [1.807, 2.05) is 0 Å². The summed E-state index contributed by atoms with van der Waals surface area (Å²) in [6.07, 6.45) is -9.72. The quantitative estimate of drug-likeness (QED) is 0.416. The van der Waals surface area contributed by atoms with Gasteiger partial charge < -0.3 is 10.6 Å². The highest BCUT2D eigenvalue weighted by Crippen LogP contribution is 2.46. The van der Waals surface area contributed by atoms with Crippen LogP contribution in [0.4, 0.5) is 37.8 Å². The molecule has 2 atom stereocenters. The molecule has 33 heavy (non-hydrogen) atoms. The predicted molar refractivity (Wildman–Crippen MR) is 109 cm³/mol. The van der Waals surface area contributed by atoms with E-state index in [0.29, 0.717) is 16.3 Å². The molecular weight excluding hydrogens is 474 g/mol. The number of aromatic nitrogens is 2. The molecule has 4 rings (SSSR count). The molecule has 1 aromatic heterocycles. The average Bonchev–Trinajstić information content (AvgIpc) is 3.09. The van der Waals surface area contributed by atoms with Crippen molar-refractivity contribution >= 4 is 29.0 Å². The maximum Gasteiger partial charge on any atom is 0.416 e. The average molecular weight is 489 g/mol. The van der Waals surface area contributed by atoms with E-state index in [1.165, 1.54) is 6.07 Å². The summed E-state index contributed by atoms with van der Waals surface area (Å²) in [7, 11) is 0. The number of hydrogen-bond donors (Lipinski definition) is 2. The minimum atomic E-state index is -4.69. The van der Waals surface area contributed by atoms with Crippen LogP contribution in [0.15, 0.2) is 54.6 Å². The molecule has 0 saturated carbocycles. The Labute approximate surface area is 188 Å². The first kappa shape index (κ1) is 23.0. The van der Waals surface area contributed by atoms with Gasteiger partial charge in [-0.3, -0.25) is 4.79 Å². The first-order valence-corrected chi connectivity index (χ1v) is 9.97. The van der Waals surface area contributed by atoms with Crippen molar-refractivity contribution in [2.75, 3.05) is 10.6 Å². The maximum atomic E-state index is 13.8. The van der Waals surface area contributed by atoms with E-state index in [9.17, 15) is 31.1 Å². The molecule has 2 aromatic carbocycles. The fourth-order valence-corrected chi connectivity index (χ4v) is 3.87. The third-order valence-corrected chi connectivity index (χ3v) is 5.52. The zero-order valence-electron chi connectivity index (χ0n) is 16.5. The lowest BCUT2D eigenvalue weighted by Crippen LogP contribution is -2.35. The first-order valence-electron chi connectivity index (χ1n) is 9.60. The van der Waals surface area contributed by atoms with E-state index >= 15 is 0 Å². The van der Waals surface area contributed by atoms with Gasteiger partial charge in [0, 0.05) is 12.1 Å². The molecule has 1 aliphatic rings. The van der Waals surface area contributed by atoms with Crippen LogP contribution in [0.2, 0.25) is 5.02 Å². The van der Waals surface area contributed by atoms with Crippen LogP contribution in [-0.2, 0) is 6.18 Å². The number of rotatable bonds is 3. The molecule has 0 unspecified atom stereocenters. The van der Waals surface area contributed by atoms with Gasteiger partial charge in [-0.2, -0.15) is 31.4 Å². The van der Waals surface area contributed by atoms with E-state index in [-0.39, 0.29) is 16.5 Å². The molecule has 0 saturated heterocycles. The summed E-state index contributed by atoms with van der Waals surface area (Å²) in [5.41, 5.74) is -1.16. The molecule has 12 heteroatoms. The number of hydrogen-bond acceptors (Lipinski definition) is 3. The lowest BCUT2D eigenvalue weighted by Gasteiger charge is -2.33. The zero-order chi connectivity index (χ0) is 24.0. The smallest absolute Gasteiger partial charge is 0.362 e. The highest BCUT2D eigenvalue weighted by atomic mass is 35.5. The van der Waals surface area contributed by atoms with Gasteiger partial charge in [0.25, 0.3) is 5.91 Å². The zero-order valence-corrected chi connectivity index (χ0v) is 17.3. The van der Waals surface area contributed by atoms with E-state index in [0.717, 1.165) is 12.1 Å². The molecular formula is C21H15ClF6N4O. The lowest BCUT2D eigenvalue weighted by molar-refractivity contribution is -0.173. The summed E-state index contributed by atoms with van der Waals surface area (Å²) in [4.78, 5) is 12.7. The van der Waals surface area contributed by atoms with Gasteiger partial charge >= 0.3 is 12.4 Å². The molecule has 0 radical (unpaired) electrons. The highest BCUT2D eigenvalue weighted by molar-refractivity contribution is 6.36. The molecule has 2 heterocycles. The Morgan fingerprint density at radius 3 is 2.39 bits per heavy atom. The molecule has 174 valence electrons. The second kappa shape index (κ2) is 8.29. The summed E-state index contributed by atoms with van der Waals surface area (Å²) in [5.74, 6) is -1.24. The topological polar surface area (TPSA) is 59.0 Å². The van der Waals surface area contributed by atoms with Crippen molar-refractivity contribution in [3.63, 3.8) is 0 Å². The van der Waals surface area contributed by atoms with Gasteiger partial charge in [0.15, 0.2) is 11.7 Å². The normalized spacial score (nSPS) is 18.4. The standard InChI is InChI=1S/C21H15ClF6N4O/c22-16-17(19(33)29-13-8-4-7-12(9-13)20(23,24)25)31-32-15(21(26,27)28)10-14(30-18(16)32)11-5-2-1-3-6-11/h1-9,14-15,30H,10H2,(H,29,33)/t14-,15-/m0/s1.